The second-order valence-electron chi connectivity index (χ2n) is 6.58. The molecule has 0 bridgehead atoms. The summed E-state index contributed by atoms with van der Waals surface area (Å²) in [5.74, 6) is -0.0891. The molecular formula is C24H23NO4. The standard InChI is InChI=1S/C24H23NO4/c1-18-7-5-6-8-21(18)15-25-23(26)17-29-24(27)20-13-11-19(12-14-20)16-28-22-9-3-2-4-10-22/h2-14H,15-17H2,1H3,(H,25,26). The summed E-state index contributed by atoms with van der Waals surface area (Å²) in [6.07, 6.45) is 0. The van der Waals surface area contributed by atoms with Gasteiger partial charge in [-0.2, -0.15) is 0 Å². The molecule has 1 amide bonds. The number of ether oxygens (including phenoxy) is 2. The van der Waals surface area contributed by atoms with Crippen LogP contribution in [0.2, 0.25) is 0 Å². The maximum absolute atomic E-state index is 12.1. The van der Waals surface area contributed by atoms with Gasteiger partial charge in [-0.1, -0.05) is 54.6 Å². The van der Waals surface area contributed by atoms with E-state index in [-0.39, 0.29) is 12.5 Å². The first kappa shape index (κ1) is 20.1. The smallest absolute Gasteiger partial charge is 0.338 e. The summed E-state index contributed by atoms with van der Waals surface area (Å²) >= 11 is 0. The Morgan fingerprint density at radius 3 is 2.28 bits per heavy atom. The lowest BCUT2D eigenvalue weighted by molar-refractivity contribution is -0.124. The Balaban J connectivity index is 1.43. The Morgan fingerprint density at radius 2 is 1.55 bits per heavy atom. The number of rotatable bonds is 8. The van der Waals surface area contributed by atoms with Gasteiger partial charge >= 0.3 is 5.97 Å². The molecule has 0 aliphatic rings. The van der Waals surface area contributed by atoms with Crippen LogP contribution in [-0.4, -0.2) is 18.5 Å². The van der Waals surface area contributed by atoms with E-state index in [1.54, 1.807) is 24.3 Å². The molecule has 0 atom stereocenters. The number of para-hydroxylation sites is 1. The number of hydrogen-bond acceptors (Lipinski definition) is 4. The maximum atomic E-state index is 12.1. The van der Waals surface area contributed by atoms with E-state index in [0.717, 1.165) is 22.4 Å². The highest BCUT2D eigenvalue weighted by molar-refractivity contribution is 5.91. The number of aryl methyl sites for hydroxylation is 1. The van der Waals surface area contributed by atoms with Gasteiger partial charge in [0.15, 0.2) is 6.61 Å². The average molecular weight is 389 g/mol. The Labute approximate surface area is 170 Å². The van der Waals surface area contributed by atoms with E-state index in [1.165, 1.54) is 0 Å². The van der Waals surface area contributed by atoms with Gasteiger partial charge in [-0.3, -0.25) is 4.79 Å². The van der Waals surface area contributed by atoms with Gasteiger partial charge in [0.2, 0.25) is 0 Å². The molecule has 0 fully saturated rings. The Morgan fingerprint density at radius 1 is 0.862 bits per heavy atom. The van der Waals surface area contributed by atoms with Crippen molar-refractivity contribution < 1.29 is 19.1 Å². The molecular weight excluding hydrogens is 366 g/mol. The van der Waals surface area contributed by atoms with Crippen LogP contribution in [0.5, 0.6) is 5.75 Å². The number of amides is 1. The molecule has 29 heavy (non-hydrogen) atoms. The minimum absolute atomic E-state index is 0.316. The molecule has 0 heterocycles. The molecule has 1 N–H and O–H groups in total. The first-order chi connectivity index (χ1) is 14.1. The van der Waals surface area contributed by atoms with E-state index in [1.807, 2.05) is 61.5 Å². The Hall–Kier alpha value is -3.60. The summed E-state index contributed by atoms with van der Waals surface area (Å²) in [7, 11) is 0. The first-order valence-electron chi connectivity index (χ1n) is 9.37. The van der Waals surface area contributed by atoms with Crippen molar-refractivity contribution in [3.8, 4) is 5.75 Å². The molecule has 0 aromatic heterocycles. The molecule has 0 unspecified atom stereocenters. The van der Waals surface area contributed by atoms with E-state index in [9.17, 15) is 9.59 Å². The third kappa shape index (κ3) is 6.21. The zero-order chi connectivity index (χ0) is 20.5. The monoisotopic (exact) mass is 389 g/mol. The maximum Gasteiger partial charge on any atom is 0.338 e. The van der Waals surface area contributed by atoms with E-state index in [2.05, 4.69) is 5.32 Å². The van der Waals surface area contributed by atoms with Crippen molar-refractivity contribution in [3.05, 3.63) is 101 Å². The van der Waals surface area contributed by atoms with Gasteiger partial charge in [0, 0.05) is 6.54 Å². The minimum Gasteiger partial charge on any atom is -0.489 e. The fourth-order valence-electron chi connectivity index (χ4n) is 2.69. The number of benzene rings is 3. The second kappa shape index (κ2) is 10.1. The molecule has 0 aliphatic heterocycles. The van der Waals surface area contributed by atoms with Gasteiger partial charge in [-0.15, -0.1) is 0 Å². The Bertz CT molecular complexity index is 952. The summed E-state index contributed by atoms with van der Waals surface area (Å²) in [5.41, 5.74) is 3.45. The zero-order valence-electron chi connectivity index (χ0n) is 16.3. The van der Waals surface area contributed by atoms with Crippen LogP contribution in [0.25, 0.3) is 0 Å². The third-order valence-corrected chi connectivity index (χ3v) is 4.41. The lowest BCUT2D eigenvalue weighted by atomic mass is 10.1. The van der Waals surface area contributed by atoms with Crippen molar-refractivity contribution in [1.82, 2.24) is 5.32 Å². The topological polar surface area (TPSA) is 64.6 Å². The predicted octanol–water partition coefficient (Wildman–Crippen LogP) is 4.05. The van der Waals surface area contributed by atoms with E-state index < -0.39 is 5.97 Å². The van der Waals surface area contributed by atoms with Crippen LogP contribution in [-0.2, 0) is 22.7 Å². The van der Waals surface area contributed by atoms with Crippen LogP contribution >= 0.6 is 0 Å². The molecule has 3 aromatic rings. The molecule has 5 heteroatoms. The molecule has 0 spiro atoms. The van der Waals surface area contributed by atoms with Crippen molar-refractivity contribution in [3.63, 3.8) is 0 Å². The van der Waals surface area contributed by atoms with Crippen LogP contribution in [0.1, 0.15) is 27.0 Å². The number of esters is 1. The largest absolute Gasteiger partial charge is 0.489 e. The molecule has 0 radical (unpaired) electrons. The zero-order valence-corrected chi connectivity index (χ0v) is 16.3. The first-order valence-corrected chi connectivity index (χ1v) is 9.37. The van der Waals surface area contributed by atoms with Crippen molar-refractivity contribution in [2.24, 2.45) is 0 Å². The molecule has 3 rings (SSSR count). The molecule has 5 nitrogen and oxygen atoms in total. The highest BCUT2D eigenvalue weighted by Crippen LogP contribution is 2.13. The fraction of sp³-hybridized carbons (Fsp3) is 0.167. The quantitative estimate of drug-likeness (QED) is 0.591. The van der Waals surface area contributed by atoms with Crippen LogP contribution < -0.4 is 10.1 Å². The molecule has 0 aliphatic carbocycles. The highest BCUT2D eigenvalue weighted by atomic mass is 16.5. The molecule has 0 saturated heterocycles. The summed E-state index contributed by atoms with van der Waals surface area (Å²) in [6, 6.07) is 24.2. The van der Waals surface area contributed by atoms with Gasteiger partial charge in [-0.05, 0) is 47.9 Å². The fourth-order valence-corrected chi connectivity index (χ4v) is 2.69. The average Bonchev–Trinajstić information content (AvgIpc) is 2.76. The number of hydrogen-bond donors (Lipinski definition) is 1. The molecule has 3 aromatic carbocycles. The van der Waals surface area contributed by atoms with Gasteiger partial charge in [0.25, 0.3) is 5.91 Å². The van der Waals surface area contributed by atoms with E-state index in [4.69, 9.17) is 9.47 Å². The van der Waals surface area contributed by atoms with E-state index in [0.29, 0.717) is 18.7 Å². The Kier molecular flexibility index (Phi) is 7.00. The summed E-state index contributed by atoms with van der Waals surface area (Å²) < 4.78 is 10.8. The summed E-state index contributed by atoms with van der Waals surface area (Å²) in [5, 5.41) is 2.76. The van der Waals surface area contributed by atoms with Crippen molar-refractivity contribution in [2.45, 2.75) is 20.1 Å². The molecule has 0 saturated carbocycles. The number of carbonyl (C=O) groups is 2. The normalized spacial score (nSPS) is 10.2. The lowest BCUT2D eigenvalue weighted by Crippen LogP contribution is -2.28. The van der Waals surface area contributed by atoms with Gasteiger partial charge in [0.1, 0.15) is 12.4 Å². The van der Waals surface area contributed by atoms with Gasteiger partial charge < -0.3 is 14.8 Å². The lowest BCUT2D eigenvalue weighted by Gasteiger charge is -2.09. The van der Waals surface area contributed by atoms with Crippen molar-refractivity contribution in [2.75, 3.05) is 6.61 Å². The van der Waals surface area contributed by atoms with Crippen LogP contribution in [0.3, 0.4) is 0 Å². The van der Waals surface area contributed by atoms with Gasteiger partial charge in [-0.25, -0.2) is 4.79 Å². The number of nitrogens with one attached hydrogen (secondary N) is 1. The minimum atomic E-state index is -0.536. The van der Waals surface area contributed by atoms with Crippen LogP contribution in [0.15, 0.2) is 78.9 Å². The van der Waals surface area contributed by atoms with Gasteiger partial charge in [0.05, 0.1) is 5.56 Å². The van der Waals surface area contributed by atoms with Crippen LogP contribution in [0, 0.1) is 6.92 Å². The van der Waals surface area contributed by atoms with Crippen molar-refractivity contribution in [1.29, 1.82) is 0 Å². The second-order valence-corrected chi connectivity index (χ2v) is 6.58. The third-order valence-electron chi connectivity index (χ3n) is 4.41. The van der Waals surface area contributed by atoms with E-state index >= 15 is 0 Å². The molecule has 148 valence electrons. The number of carbonyl (C=O) groups excluding carboxylic acids is 2. The summed E-state index contributed by atoms with van der Waals surface area (Å²) in [6.45, 7) is 2.47. The highest BCUT2D eigenvalue weighted by Gasteiger charge is 2.10. The predicted molar refractivity (Wildman–Crippen MR) is 111 cm³/mol. The van der Waals surface area contributed by atoms with Crippen molar-refractivity contribution >= 4 is 11.9 Å². The van der Waals surface area contributed by atoms with Crippen LogP contribution in [0.4, 0.5) is 0 Å². The summed E-state index contributed by atoms with van der Waals surface area (Å²) in [4.78, 5) is 24.1. The SMILES string of the molecule is Cc1ccccc1CNC(=O)COC(=O)c1ccc(COc2ccccc2)cc1.